The smallest absolute Gasteiger partial charge is 0.344 e. The molecule has 0 amide bonds. The maximum Gasteiger partial charge on any atom is 0.344 e. The van der Waals surface area contributed by atoms with Crippen LogP contribution < -0.4 is 0 Å². The summed E-state index contributed by atoms with van der Waals surface area (Å²) in [4.78, 5) is 12.9. The molecule has 4 bridgehead atoms. The zero-order valence-electron chi connectivity index (χ0n) is 23.7. The second kappa shape index (κ2) is 9.44. The van der Waals surface area contributed by atoms with E-state index in [1.54, 1.807) is 0 Å². The Labute approximate surface area is 214 Å². The van der Waals surface area contributed by atoms with Crippen LogP contribution in [0.2, 0.25) is 0 Å². The van der Waals surface area contributed by atoms with Gasteiger partial charge in [0.2, 0.25) is 0 Å². The molecule has 0 heterocycles. The Morgan fingerprint density at radius 1 is 1.09 bits per heavy atom. The van der Waals surface area contributed by atoms with Crippen LogP contribution in [-0.4, -0.2) is 18.2 Å². The Bertz CT molecular complexity index is 878. The molecule has 0 aromatic rings. The number of carbonyl (C=O) groups is 1. The lowest BCUT2D eigenvalue weighted by Gasteiger charge is -2.45. The summed E-state index contributed by atoms with van der Waals surface area (Å²) in [6.07, 6.45) is 16.1. The number of carbonyl (C=O) groups excluding carboxylic acids is 1. The monoisotopic (exact) mass is 482 g/mol. The van der Waals surface area contributed by atoms with Crippen molar-refractivity contribution < 1.29 is 14.3 Å². The zero-order valence-corrected chi connectivity index (χ0v) is 23.7. The minimum Gasteiger partial charge on any atom is -0.482 e. The van der Waals surface area contributed by atoms with Crippen LogP contribution in [0.5, 0.6) is 0 Å². The predicted molar refractivity (Wildman–Crippen MR) is 143 cm³/mol. The van der Waals surface area contributed by atoms with Crippen LogP contribution >= 0.6 is 0 Å². The molecule has 4 saturated carbocycles. The molecular weight excluding hydrogens is 432 g/mol. The van der Waals surface area contributed by atoms with Gasteiger partial charge in [0.25, 0.3) is 0 Å². The summed E-state index contributed by atoms with van der Waals surface area (Å²) in [5, 5.41) is 0. The summed E-state index contributed by atoms with van der Waals surface area (Å²) in [6, 6.07) is 0. The maximum atomic E-state index is 12.9. The highest BCUT2D eigenvalue weighted by atomic mass is 16.6. The largest absolute Gasteiger partial charge is 0.482 e. The minimum absolute atomic E-state index is 0.0305. The van der Waals surface area contributed by atoms with Gasteiger partial charge in [0, 0.05) is 11.5 Å². The SMILES string of the molecule is CCC(C)(C)CC(C1C=C=CC(OCC(=O)OC(C)(C)C23CC4CC(CC2C4)C3)=CC1)C(C)(C)C. The first-order chi connectivity index (χ1) is 16.2. The second-order valence-electron chi connectivity index (χ2n) is 14.7. The topological polar surface area (TPSA) is 35.5 Å². The summed E-state index contributed by atoms with van der Waals surface area (Å²) < 4.78 is 12.1. The summed E-state index contributed by atoms with van der Waals surface area (Å²) in [5.74, 6) is 3.89. The van der Waals surface area contributed by atoms with Gasteiger partial charge in [-0.1, -0.05) is 48.0 Å². The highest BCUT2D eigenvalue weighted by Crippen LogP contribution is 2.69. The summed E-state index contributed by atoms with van der Waals surface area (Å²) in [6.45, 7) is 18.4. The molecule has 5 rings (SSSR count). The lowest BCUT2D eigenvalue weighted by molar-refractivity contribution is -0.178. The van der Waals surface area contributed by atoms with Crippen molar-refractivity contribution in [2.75, 3.05) is 6.61 Å². The number of hydrogen-bond donors (Lipinski definition) is 0. The predicted octanol–water partition coefficient (Wildman–Crippen LogP) is 8.25. The number of rotatable bonds is 9. The van der Waals surface area contributed by atoms with E-state index in [1.165, 1.54) is 44.9 Å². The van der Waals surface area contributed by atoms with Gasteiger partial charge in [-0.25, -0.2) is 4.79 Å². The van der Waals surface area contributed by atoms with Gasteiger partial charge in [0.15, 0.2) is 6.61 Å². The molecule has 5 aliphatic rings. The van der Waals surface area contributed by atoms with Crippen LogP contribution in [0, 0.1) is 45.8 Å². The van der Waals surface area contributed by atoms with Crippen LogP contribution in [0.4, 0.5) is 0 Å². The first-order valence-electron chi connectivity index (χ1n) is 14.2. The van der Waals surface area contributed by atoms with Gasteiger partial charge < -0.3 is 9.47 Å². The van der Waals surface area contributed by atoms with E-state index < -0.39 is 5.60 Å². The Kier molecular flexibility index (Phi) is 7.17. The van der Waals surface area contributed by atoms with Crippen molar-refractivity contribution in [2.24, 2.45) is 45.8 Å². The lowest BCUT2D eigenvalue weighted by Crippen LogP contribution is -2.48. The van der Waals surface area contributed by atoms with Crippen molar-refractivity contribution in [3.05, 3.63) is 29.7 Å². The van der Waals surface area contributed by atoms with E-state index in [-0.39, 0.29) is 23.4 Å². The summed E-state index contributed by atoms with van der Waals surface area (Å²) in [5.41, 5.74) is 3.65. The van der Waals surface area contributed by atoms with E-state index in [0.717, 1.165) is 29.9 Å². The van der Waals surface area contributed by atoms with Gasteiger partial charge in [-0.15, -0.1) is 5.73 Å². The van der Waals surface area contributed by atoms with Gasteiger partial charge in [-0.05, 0) is 111 Å². The van der Waals surface area contributed by atoms with Gasteiger partial charge in [-0.2, -0.15) is 0 Å². The third-order valence-electron chi connectivity index (χ3n) is 10.4. The fourth-order valence-electron chi connectivity index (χ4n) is 8.19. The molecule has 4 atom stereocenters. The van der Waals surface area contributed by atoms with Crippen LogP contribution in [0.15, 0.2) is 29.7 Å². The van der Waals surface area contributed by atoms with Crippen molar-refractivity contribution in [1.29, 1.82) is 0 Å². The Hall–Kier alpha value is -1.47. The molecule has 4 unspecified atom stereocenters. The zero-order chi connectivity index (χ0) is 25.6. The van der Waals surface area contributed by atoms with E-state index in [0.29, 0.717) is 17.3 Å². The van der Waals surface area contributed by atoms with Crippen LogP contribution in [0.3, 0.4) is 0 Å². The molecule has 0 radical (unpaired) electrons. The highest BCUT2D eigenvalue weighted by molar-refractivity contribution is 5.71. The van der Waals surface area contributed by atoms with Crippen molar-refractivity contribution in [1.82, 2.24) is 0 Å². The maximum absolute atomic E-state index is 12.9. The van der Waals surface area contributed by atoms with Crippen molar-refractivity contribution in [3.8, 4) is 0 Å². The number of hydrogen-bond acceptors (Lipinski definition) is 3. The molecule has 0 aromatic heterocycles. The number of esters is 1. The average molecular weight is 483 g/mol. The molecule has 0 N–H and O–H groups in total. The van der Waals surface area contributed by atoms with Gasteiger partial charge >= 0.3 is 5.97 Å². The molecule has 5 aliphatic carbocycles. The van der Waals surface area contributed by atoms with E-state index in [4.69, 9.17) is 9.47 Å². The fourth-order valence-corrected chi connectivity index (χ4v) is 8.19. The van der Waals surface area contributed by atoms with Crippen molar-refractivity contribution >= 4 is 5.97 Å². The molecule has 0 saturated heterocycles. The normalized spacial score (nSPS) is 33.0. The molecule has 0 spiro atoms. The average Bonchev–Trinajstić information content (AvgIpc) is 3.03. The molecular formula is C32H50O3. The lowest BCUT2D eigenvalue weighted by atomic mass is 9.65. The van der Waals surface area contributed by atoms with E-state index >= 15 is 0 Å². The van der Waals surface area contributed by atoms with E-state index in [1.807, 2.05) is 6.08 Å². The molecule has 3 heteroatoms. The number of ether oxygens (including phenoxy) is 2. The standard InChI is InChI=1S/C32H50O3/c1-9-30(5,6)20-27(29(2,3)4)24-11-10-12-26(14-13-24)34-21-28(33)35-31(7,8)32-18-22-15-23(19-32)17-25(32)16-22/h11-12,14,22-25,27H,9,13,15-21H2,1-8H3. The fraction of sp³-hybridized carbons (Fsp3) is 0.812. The molecule has 3 nitrogen and oxygen atoms in total. The minimum atomic E-state index is -0.424. The third-order valence-corrected chi connectivity index (χ3v) is 10.4. The first kappa shape index (κ1) is 26.6. The Balaban J connectivity index is 1.34. The highest BCUT2D eigenvalue weighted by Gasteiger charge is 2.64. The number of allylic oxidation sites excluding steroid dienone is 2. The van der Waals surface area contributed by atoms with E-state index in [2.05, 4.69) is 73.3 Å². The van der Waals surface area contributed by atoms with Crippen LogP contribution in [-0.2, 0) is 14.3 Å². The molecule has 0 aromatic carbocycles. The third kappa shape index (κ3) is 5.46. The Morgan fingerprint density at radius 2 is 1.74 bits per heavy atom. The van der Waals surface area contributed by atoms with Gasteiger partial charge in [-0.3, -0.25) is 0 Å². The molecule has 4 fully saturated rings. The van der Waals surface area contributed by atoms with Gasteiger partial charge in [0.1, 0.15) is 11.4 Å². The Morgan fingerprint density at radius 3 is 2.34 bits per heavy atom. The molecule has 196 valence electrons. The summed E-state index contributed by atoms with van der Waals surface area (Å²) >= 11 is 0. The van der Waals surface area contributed by atoms with Gasteiger partial charge in [0.05, 0.1) is 0 Å². The molecule has 35 heavy (non-hydrogen) atoms. The quantitative estimate of drug-likeness (QED) is 0.245. The van der Waals surface area contributed by atoms with Crippen LogP contribution in [0.1, 0.15) is 107 Å². The van der Waals surface area contributed by atoms with E-state index in [9.17, 15) is 4.79 Å². The van der Waals surface area contributed by atoms with Crippen molar-refractivity contribution in [2.45, 2.75) is 112 Å². The summed E-state index contributed by atoms with van der Waals surface area (Å²) in [7, 11) is 0. The van der Waals surface area contributed by atoms with Crippen LogP contribution in [0.25, 0.3) is 0 Å². The second-order valence-corrected chi connectivity index (χ2v) is 14.7. The molecule has 0 aliphatic heterocycles. The van der Waals surface area contributed by atoms with Crippen molar-refractivity contribution in [3.63, 3.8) is 0 Å². The first-order valence-corrected chi connectivity index (χ1v) is 14.2.